The van der Waals surface area contributed by atoms with Crippen LogP contribution in [0.1, 0.15) is 19.4 Å². The van der Waals surface area contributed by atoms with Gasteiger partial charge in [-0.25, -0.2) is 4.39 Å². The predicted molar refractivity (Wildman–Crippen MR) is 58.2 cm³/mol. The van der Waals surface area contributed by atoms with Crippen LogP contribution in [0.15, 0.2) is 17.2 Å². The van der Waals surface area contributed by atoms with E-state index in [0.29, 0.717) is 5.92 Å². The van der Waals surface area contributed by atoms with E-state index in [2.05, 4.69) is 10.0 Å². The van der Waals surface area contributed by atoms with Crippen LogP contribution in [0, 0.1) is 11.7 Å². The molecule has 1 aromatic carbocycles. The van der Waals surface area contributed by atoms with E-state index in [1.165, 1.54) is 6.07 Å². The number of azide groups is 1. The van der Waals surface area contributed by atoms with Crippen molar-refractivity contribution in [2.45, 2.75) is 20.3 Å². The van der Waals surface area contributed by atoms with Crippen molar-refractivity contribution in [2.24, 2.45) is 11.0 Å². The molecule has 0 saturated heterocycles. The quantitative estimate of drug-likeness (QED) is 0.350. The van der Waals surface area contributed by atoms with Gasteiger partial charge in [-0.1, -0.05) is 19.0 Å². The zero-order chi connectivity index (χ0) is 11.4. The minimum absolute atomic E-state index is 0.0969. The molecule has 0 bridgehead atoms. The molecular weight excluding hydrogens is 195 g/mol. The van der Waals surface area contributed by atoms with Crippen LogP contribution in [0.5, 0.6) is 0 Å². The normalized spacial score (nSPS) is 10.1. The number of nitrogens with two attached hydrogens (primary N) is 1. The molecule has 0 fully saturated rings. The third kappa shape index (κ3) is 2.86. The molecule has 5 heteroatoms. The molecule has 0 saturated carbocycles. The molecule has 0 aliphatic carbocycles. The fraction of sp³-hybridized carbons (Fsp3) is 0.400. The molecule has 0 amide bonds. The van der Waals surface area contributed by atoms with Crippen LogP contribution >= 0.6 is 0 Å². The van der Waals surface area contributed by atoms with Crippen molar-refractivity contribution in [1.82, 2.24) is 0 Å². The SMILES string of the molecule is CC(C)Cc1cc(F)c(N)c(N=[N+]=[N-])c1. The second-order valence-corrected chi connectivity index (χ2v) is 3.80. The van der Waals surface area contributed by atoms with Crippen molar-refractivity contribution in [1.29, 1.82) is 0 Å². The summed E-state index contributed by atoms with van der Waals surface area (Å²) in [6, 6.07) is 3.00. The molecule has 1 aromatic rings. The van der Waals surface area contributed by atoms with E-state index in [1.807, 2.05) is 13.8 Å². The number of hydrogen-bond donors (Lipinski definition) is 1. The van der Waals surface area contributed by atoms with Gasteiger partial charge in [-0.2, -0.15) is 0 Å². The third-order valence-corrected chi connectivity index (χ3v) is 1.96. The average Bonchev–Trinajstić information content (AvgIpc) is 2.12. The van der Waals surface area contributed by atoms with Crippen LogP contribution < -0.4 is 5.73 Å². The summed E-state index contributed by atoms with van der Waals surface area (Å²) < 4.78 is 13.3. The molecule has 4 nitrogen and oxygen atoms in total. The summed E-state index contributed by atoms with van der Waals surface area (Å²) in [5, 5.41) is 3.35. The monoisotopic (exact) mass is 208 g/mol. The first-order valence-electron chi connectivity index (χ1n) is 4.67. The highest BCUT2D eigenvalue weighted by Gasteiger charge is 2.07. The minimum atomic E-state index is -0.532. The van der Waals surface area contributed by atoms with E-state index >= 15 is 0 Å². The number of nitrogens with zero attached hydrogens (tertiary/aromatic N) is 3. The lowest BCUT2D eigenvalue weighted by molar-refractivity contribution is 0.616. The van der Waals surface area contributed by atoms with E-state index < -0.39 is 5.82 Å². The third-order valence-electron chi connectivity index (χ3n) is 1.96. The second kappa shape index (κ2) is 4.66. The van der Waals surface area contributed by atoms with E-state index in [1.54, 1.807) is 6.07 Å². The van der Waals surface area contributed by atoms with Gasteiger partial charge in [0.25, 0.3) is 0 Å². The Morgan fingerprint density at radius 3 is 2.73 bits per heavy atom. The summed E-state index contributed by atoms with van der Waals surface area (Å²) in [5.74, 6) is -0.123. The average molecular weight is 208 g/mol. The predicted octanol–water partition coefficient (Wildman–Crippen LogP) is 3.55. The van der Waals surface area contributed by atoms with Gasteiger partial charge in [0.15, 0.2) is 0 Å². The van der Waals surface area contributed by atoms with Gasteiger partial charge in [-0.15, -0.1) is 0 Å². The van der Waals surface area contributed by atoms with Crippen LogP contribution in [0.3, 0.4) is 0 Å². The van der Waals surface area contributed by atoms with Crippen LogP contribution in [0.2, 0.25) is 0 Å². The lowest BCUT2D eigenvalue weighted by Gasteiger charge is -2.08. The minimum Gasteiger partial charge on any atom is -0.396 e. The van der Waals surface area contributed by atoms with Gasteiger partial charge < -0.3 is 5.73 Å². The Bertz CT molecular complexity index is 408. The number of hydrogen-bond acceptors (Lipinski definition) is 2. The van der Waals surface area contributed by atoms with Crippen LogP contribution in [0.4, 0.5) is 15.8 Å². The summed E-state index contributed by atoms with van der Waals surface area (Å²) in [6.07, 6.45) is 0.727. The fourth-order valence-electron chi connectivity index (χ4n) is 1.38. The van der Waals surface area contributed by atoms with Crippen molar-refractivity contribution in [3.8, 4) is 0 Å². The maximum atomic E-state index is 13.3. The van der Waals surface area contributed by atoms with E-state index in [-0.39, 0.29) is 11.4 Å². The van der Waals surface area contributed by atoms with Crippen LogP contribution in [-0.4, -0.2) is 0 Å². The van der Waals surface area contributed by atoms with E-state index in [9.17, 15) is 4.39 Å². The van der Waals surface area contributed by atoms with Crippen molar-refractivity contribution in [3.05, 3.63) is 34.0 Å². The second-order valence-electron chi connectivity index (χ2n) is 3.80. The van der Waals surface area contributed by atoms with Gasteiger partial charge in [0.05, 0.1) is 11.4 Å². The lowest BCUT2D eigenvalue weighted by atomic mass is 10.0. The number of nitrogen functional groups attached to an aromatic ring is 1. The Balaban J connectivity index is 3.16. The summed E-state index contributed by atoms with van der Waals surface area (Å²) >= 11 is 0. The molecule has 0 radical (unpaired) electrons. The van der Waals surface area contributed by atoms with Crippen molar-refractivity contribution in [3.63, 3.8) is 0 Å². The first-order chi connectivity index (χ1) is 7.04. The Morgan fingerprint density at radius 1 is 1.53 bits per heavy atom. The first-order valence-corrected chi connectivity index (χ1v) is 4.67. The molecule has 0 aliphatic heterocycles. The number of benzene rings is 1. The molecule has 80 valence electrons. The van der Waals surface area contributed by atoms with Gasteiger partial charge in [-0.3, -0.25) is 0 Å². The summed E-state index contributed by atoms with van der Waals surface area (Å²) in [5.41, 5.74) is 14.6. The zero-order valence-corrected chi connectivity index (χ0v) is 8.74. The van der Waals surface area contributed by atoms with Gasteiger partial charge in [-0.05, 0) is 35.6 Å². The smallest absolute Gasteiger partial charge is 0.146 e. The Kier molecular flexibility index (Phi) is 3.52. The Hall–Kier alpha value is -1.74. The lowest BCUT2D eigenvalue weighted by Crippen LogP contribution is -1.98. The van der Waals surface area contributed by atoms with Crippen molar-refractivity contribution < 1.29 is 4.39 Å². The molecule has 1 rings (SSSR count). The first kappa shape index (κ1) is 11.3. The molecule has 0 aliphatic rings. The largest absolute Gasteiger partial charge is 0.396 e. The molecular formula is C10H13FN4. The molecule has 0 atom stereocenters. The molecule has 0 aromatic heterocycles. The molecule has 0 unspecified atom stereocenters. The van der Waals surface area contributed by atoms with Crippen LogP contribution in [0.25, 0.3) is 10.4 Å². The Morgan fingerprint density at radius 2 is 2.20 bits per heavy atom. The summed E-state index contributed by atoms with van der Waals surface area (Å²) in [6.45, 7) is 4.06. The highest BCUT2D eigenvalue weighted by atomic mass is 19.1. The van der Waals surface area contributed by atoms with Gasteiger partial charge >= 0.3 is 0 Å². The van der Waals surface area contributed by atoms with Gasteiger partial charge in [0.2, 0.25) is 0 Å². The zero-order valence-electron chi connectivity index (χ0n) is 8.74. The number of halogens is 1. The highest BCUT2D eigenvalue weighted by Crippen LogP contribution is 2.27. The van der Waals surface area contributed by atoms with Crippen molar-refractivity contribution >= 4 is 11.4 Å². The number of rotatable bonds is 3. The summed E-state index contributed by atoms with van der Waals surface area (Å²) in [7, 11) is 0. The Labute approximate surface area is 87.5 Å². The van der Waals surface area contributed by atoms with E-state index in [0.717, 1.165) is 12.0 Å². The maximum absolute atomic E-state index is 13.3. The molecule has 0 heterocycles. The van der Waals surface area contributed by atoms with E-state index in [4.69, 9.17) is 11.3 Å². The van der Waals surface area contributed by atoms with Crippen molar-refractivity contribution in [2.75, 3.05) is 5.73 Å². The molecule has 2 N–H and O–H groups in total. The maximum Gasteiger partial charge on any atom is 0.146 e. The number of anilines is 1. The van der Waals surface area contributed by atoms with Gasteiger partial charge in [0.1, 0.15) is 5.82 Å². The summed E-state index contributed by atoms with van der Waals surface area (Å²) in [4.78, 5) is 2.61. The molecule has 0 spiro atoms. The van der Waals surface area contributed by atoms with Crippen LogP contribution in [-0.2, 0) is 6.42 Å². The highest BCUT2D eigenvalue weighted by molar-refractivity contribution is 5.64. The topological polar surface area (TPSA) is 74.8 Å². The molecule has 15 heavy (non-hydrogen) atoms. The standard InChI is InChI=1S/C10H13FN4/c1-6(2)3-7-4-8(11)10(12)9(5-7)14-15-13/h4-6H,3,12H2,1-2H3. The fourth-order valence-corrected chi connectivity index (χ4v) is 1.38. The van der Waals surface area contributed by atoms with Gasteiger partial charge in [0, 0.05) is 4.91 Å².